The summed E-state index contributed by atoms with van der Waals surface area (Å²) in [5.41, 5.74) is 3.73. The summed E-state index contributed by atoms with van der Waals surface area (Å²) in [6.07, 6.45) is 8.16. The van der Waals surface area contributed by atoms with Crippen molar-refractivity contribution in [3.8, 4) is 17.0 Å². The summed E-state index contributed by atoms with van der Waals surface area (Å²) >= 11 is 0. The predicted octanol–water partition coefficient (Wildman–Crippen LogP) is 3.72. The van der Waals surface area contributed by atoms with Crippen LogP contribution in [-0.2, 0) is 7.05 Å². The summed E-state index contributed by atoms with van der Waals surface area (Å²) in [5, 5.41) is 7.47. The molecular weight excluding hydrogens is 314 g/mol. The van der Waals surface area contributed by atoms with Crippen LogP contribution in [0, 0.1) is 0 Å². The van der Waals surface area contributed by atoms with Crippen molar-refractivity contribution in [3.63, 3.8) is 0 Å². The van der Waals surface area contributed by atoms with Crippen LogP contribution in [0.5, 0.6) is 5.75 Å². The Morgan fingerprint density at radius 2 is 2.20 bits per heavy atom. The van der Waals surface area contributed by atoms with Gasteiger partial charge in [-0.05, 0) is 50.3 Å². The minimum Gasteiger partial charge on any atom is -0.497 e. The van der Waals surface area contributed by atoms with Gasteiger partial charge < -0.3 is 10.1 Å². The predicted molar refractivity (Wildman–Crippen MR) is 98.7 cm³/mol. The van der Waals surface area contributed by atoms with Gasteiger partial charge in [-0.25, -0.2) is 0 Å². The van der Waals surface area contributed by atoms with Crippen LogP contribution >= 0.6 is 0 Å². The molecule has 5 heteroatoms. The molecule has 1 heterocycles. The SMILES string of the molecule is COc1cccc(-c2cc(C(=O)NCCC3=CCCCC3)n(C)n2)c1. The highest BCUT2D eigenvalue weighted by molar-refractivity contribution is 5.93. The Hall–Kier alpha value is -2.56. The molecule has 1 aromatic carbocycles. The lowest BCUT2D eigenvalue weighted by Gasteiger charge is -2.12. The number of hydrogen-bond acceptors (Lipinski definition) is 3. The zero-order valence-corrected chi connectivity index (χ0v) is 14.9. The summed E-state index contributed by atoms with van der Waals surface area (Å²) in [6, 6.07) is 9.51. The number of carbonyl (C=O) groups excluding carboxylic acids is 1. The largest absolute Gasteiger partial charge is 0.497 e. The molecule has 0 atom stereocenters. The van der Waals surface area contributed by atoms with E-state index in [1.165, 1.54) is 31.3 Å². The average molecular weight is 339 g/mol. The van der Waals surface area contributed by atoms with E-state index in [1.54, 1.807) is 18.8 Å². The van der Waals surface area contributed by atoms with Crippen molar-refractivity contribution >= 4 is 5.91 Å². The Balaban J connectivity index is 1.64. The quantitative estimate of drug-likeness (QED) is 0.816. The van der Waals surface area contributed by atoms with Gasteiger partial charge in [-0.15, -0.1) is 0 Å². The number of nitrogens with one attached hydrogen (secondary N) is 1. The minimum atomic E-state index is -0.0828. The van der Waals surface area contributed by atoms with Crippen LogP contribution in [0.15, 0.2) is 42.0 Å². The molecular formula is C20H25N3O2. The van der Waals surface area contributed by atoms with E-state index in [0.717, 1.165) is 23.4 Å². The molecule has 1 N–H and O–H groups in total. The molecule has 0 aliphatic heterocycles. The highest BCUT2D eigenvalue weighted by atomic mass is 16.5. The normalized spacial score (nSPS) is 14.1. The molecule has 1 amide bonds. The van der Waals surface area contributed by atoms with E-state index in [-0.39, 0.29) is 5.91 Å². The number of carbonyl (C=O) groups is 1. The molecule has 132 valence electrons. The van der Waals surface area contributed by atoms with Gasteiger partial charge in [0.1, 0.15) is 11.4 Å². The topological polar surface area (TPSA) is 56.1 Å². The zero-order valence-electron chi connectivity index (χ0n) is 14.9. The number of nitrogens with zero attached hydrogens (tertiary/aromatic N) is 2. The molecule has 0 saturated heterocycles. The Labute approximate surface area is 148 Å². The first-order valence-electron chi connectivity index (χ1n) is 8.82. The molecule has 3 rings (SSSR count). The number of benzene rings is 1. The van der Waals surface area contributed by atoms with Gasteiger partial charge in [0.05, 0.1) is 12.8 Å². The number of aryl methyl sites for hydroxylation is 1. The number of allylic oxidation sites excluding steroid dienone is 1. The minimum absolute atomic E-state index is 0.0828. The molecule has 0 spiro atoms. The highest BCUT2D eigenvalue weighted by Crippen LogP contribution is 2.23. The van der Waals surface area contributed by atoms with Crippen molar-refractivity contribution in [2.45, 2.75) is 32.1 Å². The van der Waals surface area contributed by atoms with E-state index in [2.05, 4.69) is 16.5 Å². The van der Waals surface area contributed by atoms with E-state index in [1.807, 2.05) is 30.3 Å². The third-order valence-corrected chi connectivity index (χ3v) is 4.59. The molecule has 0 fully saturated rings. The highest BCUT2D eigenvalue weighted by Gasteiger charge is 2.14. The van der Waals surface area contributed by atoms with E-state index in [4.69, 9.17) is 4.74 Å². The van der Waals surface area contributed by atoms with Crippen LogP contribution in [-0.4, -0.2) is 29.3 Å². The summed E-state index contributed by atoms with van der Waals surface area (Å²) in [5.74, 6) is 0.690. The lowest BCUT2D eigenvalue weighted by atomic mass is 9.97. The number of rotatable bonds is 6. The van der Waals surface area contributed by atoms with Crippen LogP contribution in [0.2, 0.25) is 0 Å². The van der Waals surface area contributed by atoms with Crippen LogP contribution in [0.3, 0.4) is 0 Å². The third-order valence-electron chi connectivity index (χ3n) is 4.59. The van der Waals surface area contributed by atoms with Gasteiger partial charge in [0.2, 0.25) is 0 Å². The third kappa shape index (κ3) is 4.29. The molecule has 1 aliphatic carbocycles. The first-order chi connectivity index (χ1) is 12.2. The summed E-state index contributed by atoms with van der Waals surface area (Å²) in [6.45, 7) is 0.671. The van der Waals surface area contributed by atoms with Crippen molar-refractivity contribution in [2.75, 3.05) is 13.7 Å². The Morgan fingerprint density at radius 1 is 1.32 bits per heavy atom. The average Bonchev–Trinajstić information content (AvgIpc) is 3.04. The maximum absolute atomic E-state index is 12.5. The molecule has 1 aliphatic rings. The summed E-state index contributed by atoms with van der Waals surface area (Å²) in [4.78, 5) is 12.5. The van der Waals surface area contributed by atoms with Gasteiger partial charge in [0.15, 0.2) is 0 Å². The second-order valence-electron chi connectivity index (χ2n) is 6.38. The van der Waals surface area contributed by atoms with Crippen molar-refractivity contribution in [1.29, 1.82) is 0 Å². The fourth-order valence-corrected chi connectivity index (χ4v) is 3.16. The summed E-state index contributed by atoms with van der Waals surface area (Å²) < 4.78 is 6.88. The van der Waals surface area contributed by atoms with Crippen molar-refractivity contribution < 1.29 is 9.53 Å². The van der Waals surface area contributed by atoms with Gasteiger partial charge in [-0.2, -0.15) is 5.10 Å². The lowest BCUT2D eigenvalue weighted by Crippen LogP contribution is -2.26. The van der Waals surface area contributed by atoms with Crippen molar-refractivity contribution in [1.82, 2.24) is 15.1 Å². The fraction of sp³-hybridized carbons (Fsp3) is 0.400. The number of amides is 1. The Kier molecular flexibility index (Phi) is 5.53. The second kappa shape index (κ2) is 8.01. The molecule has 0 unspecified atom stereocenters. The molecule has 5 nitrogen and oxygen atoms in total. The maximum Gasteiger partial charge on any atom is 0.269 e. The summed E-state index contributed by atoms with van der Waals surface area (Å²) in [7, 11) is 3.43. The van der Waals surface area contributed by atoms with Crippen LogP contribution in [0.25, 0.3) is 11.3 Å². The van der Waals surface area contributed by atoms with E-state index >= 15 is 0 Å². The van der Waals surface area contributed by atoms with E-state index in [9.17, 15) is 4.79 Å². The molecule has 0 bridgehead atoms. The fourth-order valence-electron chi connectivity index (χ4n) is 3.16. The van der Waals surface area contributed by atoms with Crippen molar-refractivity contribution in [3.05, 3.63) is 47.7 Å². The maximum atomic E-state index is 12.5. The second-order valence-corrected chi connectivity index (χ2v) is 6.38. The number of hydrogen-bond donors (Lipinski definition) is 1. The van der Waals surface area contributed by atoms with Gasteiger partial charge >= 0.3 is 0 Å². The molecule has 0 radical (unpaired) electrons. The van der Waals surface area contributed by atoms with Gasteiger partial charge in [-0.1, -0.05) is 23.8 Å². The number of ether oxygens (including phenoxy) is 1. The number of methoxy groups -OCH3 is 1. The standard InChI is InChI=1S/C20H25N3O2/c1-23-19(20(24)21-12-11-15-7-4-3-5-8-15)14-18(22-23)16-9-6-10-17(13-16)25-2/h6-7,9-10,13-14H,3-5,8,11-12H2,1-2H3,(H,21,24). The van der Waals surface area contributed by atoms with Crippen molar-refractivity contribution in [2.24, 2.45) is 7.05 Å². The van der Waals surface area contributed by atoms with Crippen LogP contribution in [0.1, 0.15) is 42.6 Å². The van der Waals surface area contributed by atoms with E-state index < -0.39 is 0 Å². The number of aromatic nitrogens is 2. The molecule has 0 saturated carbocycles. The first kappa shape index (κ1) is 17.3. The van der Waals surface area contributed by atoms with Gasteiger partial charge in [0.25, 0.3) is 5.91 Å². The Bertz CT molecular complexity index is 777. The van der Waals surface area contributed by atoms with Crippen LogP contribution < -0.4 is 10.1 Å². The monoisotopic (exact) mass is 339 g/mol. The van der Waals surface area contributed by atoms with Gasteiger partial charge in [0, 0.05) is 19.2 Å². The van der Waals surface area contributed by atoms with E-state index in [0.29, 0.717) is 12.2 Å². The van der Waals surface area contributed by atoms with Crippen LogP contribution in [0.4, 0.5) is 0 Å². The molecule has 25 heavy (non-hydrogen) atoms. The smallest absolute Gasteiger partial charge is 0.269 e. The lowest BCUT2D eigenvalue weighted by molar-refractivity contribution is 0.0944. The first-order valence-corrected chi connectivity index (χ1v) is 8.82. The zero-order chi connectivity index (χ0) is 17.6. The van der Waals surface area contributed by atoms with Gasteiger partial charge in [-0.3, -0.25) is 9.48 Å². The molecule has 2 aromatic rings. The molecule has 1 aromatic heterocycles. The Morgan fingerprint density at radius 3 is 2.96 bits per heavy atom.